The van der Waals surface area contributed by atoms with Crippen LogP contribution in [0.4, 0.5) is 5.69 Å². The predicted octanol–water partition coefficient (Wildman–Crippen LogP) is 0.970. The smallest absolute Gasteiger partial charge is 0.341 e. The molecule has 0 bridgehead atoms. The van der Waals surface area contributed by atoms with E-state index in [-0.39, 0.29) is 85.7 Å². The van der Waals surface area contributed by atoms with Gasteiger partial charge in [-0.3, -0.25) is 43.3 Å². The highest BCUT2D eigenvalue weighted by Crippen LogP contribution is 2.47. The fourth-order valence-corrected chi connectivity index (χ4v) is 8.42. The summed E-state index contributed by atoms with van der Waals surface area (Å²) in [6, 6.07) is 17.5. The number of amides is 5. The van der Waals surface area contributed by atoms with Gasteiger partial charge in [-0.2, -0.15) is 0 Å². The van der Waals surface area contributed by atoms with Gasteiger partial charge in [0.2, 0.25) is 11.7 Å². The second kappa shape index (κ2) is 20.5. The van der Waals surface area contributed by atoms with Crippen LogP contribution in [0.15, 0.2) is 78.4 Å². The lowest BCUT2D eigenvalue weighted by Crippen LogP contribution is -2.38. The van der Waals surface area contributed by atoms with Gasteiger partial charge >= 0.3 is 11.9 Å². The maximum absolute atomic E-state index is 14.0. The third-order valence-corrected chi connectivity index (χ3v) is 11.5. The summed E-state index contributed by atoms with van der Waals surface area (Å²) in [6.45, 7) is -0.417. The van der Waals surface area contributed by atoms with Crippen LogP contribution in [0.2, 0.25) is 0 Å². The number of benzene rings is 4. The molecule has 24 nitrogen and oxygen atoms in total. The molecule has 1 aromatic heterocycles. The number of nitrogens with two attached hydrogens (primary N) is 4. The van der Waals surface area contributed by atoms with Crippen LogP contribution in [0.25, 0.3) is 16.5 Å². The Labute approximate surface area is 405 Å². The Kier molecular flexibility index (Phi) is 14.3. The van der Waals surface area contributed by atoms with Crippen molar-refractivity contribution in [2.24, 2.45) is 22.9 Å². The normalized spacial score (nSPS) is 14.5. The lowest BCUT2D eigenvalue weighted by atomic mass is 9.95. The van der Waals surface area contributed by atoms with Crippen molar-refractivity contribution in [3.05, 3.63) is 106 Å². The van der Waals surface area contributed by atoms with E-state index in [1.807, 2.05) is 0 Å². The predicted molar refractivity (Wildman–Crippen MR) is 246 cm³/mol. The van der Waals surface area contributed by atoms with Crippen LogP contribution < -0.4 is 56.3 Å². The molecule has 5 aromatic rings. The zero-order valence-electron chi connectivity index (χ0n) is 38.0. The zero-order chi connectivity index (χ0) is 52.3. The lowest BCUT2D eigenvalue weighted by molar-refractivity contribution is -0.140. The standard InChI is InChI=1S/C48H42N6O18/c1-21-27(26-6-3-9-30(68-16-33(49)55)38(26)36(21)42(60)45(50)63)15-67-23-12-24(71-19-53-22(2)37(43(61)46(51)64)39-28(53)7-4-10-31(39)69-17-34(56)57)14-25(13-23)72-20-54-29-8-5-11-32(70-18-35(58)59)40(29)41(48(54)66)44(62)47(52)65/h3-14,27,41H,15-20H2,1-2H3,(H2,49,55)(H2,50,63)(H2,51,64)(H2,52,65)(H,56,57)(H,58,59). The van der Waals surface area contributed by atoms with Crippen molar-refractivity contribution >= 4 is 81.0 Å². The molecule has 10 N–H and O–H groups in total. The molecule has 2 heterocycles. The van der Waals surface area contributed by atoms with Crippen LogP contribution in [0, 0.1) is 6.92 Å². The third-order valence-electron chi connectivity index (χ3n) is 11.5. The van der Waals surface area contributed by atoms with Gasteiger partial charge in [0.15, 0.2) is 33.3 Å². The number of carboxylic acid groups (broad SMARTS) is 2. The van der Waals surface area contributed by atoms with Gasteiger partial charge in [-0.1, -0.05) is 29.8 Å². The minimum atomic E-state index is -1.82. The number of ketones is 3. The molecule has 0 radical (unpaired) electrons. The Morgan fingerprint density at radius 3 is 1.79 bits per heavy atom. The van der Waals surface area contributed by atoms with E-state index >= 15 is 0 Å². The molecule has 24 heteroatoms. The zero-order valence-corrected chi connectivity index (χ0v) is 38.0. The molecular weight excluding hydrogens is 949 g/mol. The number of anilines is 1. The van der Waals surface area contributed by atoms with Gasteiger partial charge in [-0.15, -0.1) is 0 Å². The summed E-state index contributed by atoms with van der Waals surface area (Å²) in [5, 5.41) is 18.6. The van der Waals surface area contributed by atoms with Crippen LogP contribution in [-0.4, -0.2) is 107 Å². The number of hydrogen-bond donors (Lipinski definition) is 6. The number of rotatable bonds is 24. The number of primary amides is 4. The minimum Gasteiger partial charge on any atom is -0.492 e. The summed E-state index contributed by atoms with van der Waals surface area (Å²) < 4.78 is 36.7. The Morgan fingerprint density at radius 2 is 1.18 bits per heavy atom. The van der Waals surface area contributed by atoms with Gasteiger partial charge in [0.1, 0.15) is 40.4 Å². The van der Waals surface area contributed by atoms with Gasteiger partial charge in [0, 0.05) is 46.5 Å². The Hall–Kier alpha value is -9.74. The molecule has 0 spiro atoms. The van der Waals surface area contributed by atoms with Gasteiger partial charge in [-0.25, -0.2) is 9.59 Å². The summed E-state index contributed by atoms with van der Waals surface area (Å²) in [4.78, 5) is 126. The van der Waals surface area contributed by atoms with Crippen LogP contribution in [0.3, 0.4) is 0 Å². The molecule has 0 saturated carbocycles. The fraction of sp³-hybridized carbons (Fsp3) is 0.208. The van der Waals surface area contributed by atoms with E-state index in [1.54, 1.807) is 25.1 Å². The molecule has 0 fully saturated rings. The third kappa shape index (κ3) is 9.89. The van der Waals surface area contributed by atoms with Crippen molar-refractivity contribution in [3.63, 3.8) is 0 Å². The molecule has 1 aliphatic carbocycles. The number of ether oxygens (including phenoxy) is 6. The highest BCUT2D eigenvalue weighted by Gasteiger charge is 2.46. The molecule has 7 rings (SSSR count). The topological polar surface area (TPSA) is 379 Å². The number of aliphatic carboxylic acids is 2. The quantitative estimate of drug-likeness (QED) is 0.0285. The van der Waals surface area contributed by atoms with Crippen molar-refractivity contribution < 1.29 is 86.6 Å². The largest absolute Gasteiger partial charge is 0.492 e. The number of carbonyl (C=O) groups is 10. The molecule has 1 aliphatic heterocycles. The molecule has 2 atom stereocenters. The Morgan fingerprint density at radius 1 is 0.625 bits per heavy atom. The number of carbonyl (C=O) groups excluding carboxylic acids is 8. The van der Waals surface area contributed by atoms with Crippen molar-refractivity contribution in [1.82, 2.24) is 4.57 Å². The molecule has 0 saturated heterocycles. The van der Waals surface area contributed by atoms with Crippen LogP contribution in [0.5, 0.6) is 34.5 Å². The number of Topliss-reactive ketones (excluding diaryl/α,β-unsaturated/α-hetero) is 3. The summed E-state index contributed by atoms with van der Waals surface area (Å²) >= 11 is 0. The highest BCUT2D eigenvalue weighted by molar-refractivity contribution is 6.54. The average Bonchev–Trinajstić information content (AvgIpc) is 3.90. The fourth-order valence-electron chi connectivity index (χ4n) is 8.42. The second-order valence-corrected chi connectivity index (χ2v) is 16.0. The maximum Gasteiger partial charge on any atom is 0.341 e. The first-order valence-electron chi connectivity index (χ1n) is 21.3. The van der Waals surface area contributed by atoms with Gasteiger partial charge in [0.25, 0.3) is 35.2 Å². The number of carboxylic acids is 2. The van der Waals surface area contributed by atoms with E-state index in [4.69, 9.17) is 51.4 Å². The van der Waals surface area contributed by atoms with E-state index in [2.05, 4.69) is 0 Å². The maximum atomic E-state index is 14.0. The van der Waals surface area contributed by atoms with Crippen LogP contribution in [0.1, 0.15) is 51.5 Å². The van der Waals surface area contributed by atoms with Crippen molar-refractivity contribution in [2.45, 2.75) is 32.4 Å². The van der Waals surface area contributed by atoms with E-state index in [0.717, 1.165) is 4.90 Å². The van der Waals surface area contributed by atoms with E-state index in [9.17, 15) is 58.2 Å². The molecule has 4 aromatic carbocycles. The molecule has 5 amide bonds. The molecule has 372 valence electrons. The Bertz CT molecular complexity index is 3210. The molecule has 2 aliphatic rings. The summed E-state index contributed by atoms with van der Waals surface area (Å²) in [5.41, 5.74) is 22.6. The monoisotopic (exact) mass is 990 g/mol. The second-order valence-electron chi connectivity index (χ2n) is 16.0. The number of hydrogen-bond acceptors (Lipinski definition) is 16. The first kappa shape index (κ1) is 50.1. The molecular formula is C48H42N6O18. The molecule has 2 unspecified atom stereocenters. The van der Waals surface area contributed by atoms with Crippen molar-refractivity contribution in [1.29, 1.82) is 0 Å². The average molecular weight is 991 g/mol. The summed E-state index contributed by atoms with van der Waals surface area (Å²) in [7, 11) is 0. The van der Waals surface area contributed by atoms with Crippen LogP contribution >= 0.6 is 0 Å². The van der Waals surface area contributed by atoms with Gasteiger partial charge < -0.3 is 66.1 Å². The van der Waals surface area contributed by atoms with E-state index in [0.29, 0.717) is 11.1 Å². The molecule has 72 heavy (non-hydrogen) atoms. The van der Waals surface area contributed by atoms with Crippen LogP contribution in [-0.2, 0) is 49.9 Å². The van der Waals surface area contributed by atoms with Gasteiger partial charge in [-0.05, 0) is 49.7 Å². The number of fused-ring (bicyclic) bond motifs is 3. The van der Waals surface area contributed by atoms with E-state index < -0.39 is 104 Å². The Balaban J connectivity index is 1.27. The first-order chi connectivity index (χ1) is 34.2. The van der Waals surface area contributed by atoms with Crippen molar-refractivity contribution in [2.75, 3.05) is 38.1 Å². The minimum absolute atomic E-state index is 0.00918. The number of aromatic nitrogens is 1. The summed E-state index contributed by atoms with van der Waals surface area (Å²) in [5.74, 6) is -14.6. The SMILES string of the molecule is CC1=C(C(=O)C(N)=O)c2c(OCC(N)=O)cccc2C1COc1cc(OCN2C(=O)C(C(=O)C(N)=O)c3c(OCC(=O)O)cccc32)cc(OCn2c(C)c(C(=O)C(N)=O)c3c(OCC(=O)O)cccc32)c1. The number of nitrogens with zero attached hydrogens (tertiary/aromatic N) is 2. The lowest BCUT2D eigenvalue weighted by Gasteiger charge is -2.21. The first-order valence-corrected chi connectivity index (χ1v) is 21.3. The summed E-state index contributed by atoms with van der Waals surface area (Å²) in [6.07, 6.45) is 0. The highest BCUT2D eigenvalue weighted by atomic mass is 16.5. The van der Waals surface area contributed by atoms with Crippen molar-refractivity contribution in [3.8, 4) is 34.5 Å². The van der Waals surface area contributed by atoms with Gasteiger partial charge in [0.05, 0.1) is 28.8 Å². The van der Waals surface area contributed by atoms with E-state index in [1.165, 1.54) is 66.1 Å².